The number of aryl methyl sites for hydroxylation is 1. The molecule has 2 aromatic heterocycles. The summed E-state index contributed by atoms with van der Waals surface area (Å²) in [5.41, 5.74) is 3.14. The lowest BCUT2D eigenvalue weighted by atomic mass is 10.0. The second-order valence-corrected chi connectivity index (χ2v) is 9.04. The number of hydrogen-bond donors (Lipinski definition) is 1. The predicted octanol–water partition coefficient (Wildman–Crippen LogP) is 4.01. The number of nitrogens with one attached hydrogen (secondary N) is 1. The molecule has 0 saturated carbocycles. The summed E-state index contributed by atoms with van der Waals surface area (Å²) in [6.45, 7) is 1.99. The van der Waals surface area contributed by atoms with Gasteiger partial charge in [-0.15, -0.1) is 0 Å². The Morgan fingerprint density at radius 3 is 2.69 bits per heavy atom. The molecule has 10 heteroatoms. The van der Waals surface area contributed by atoms with Gasteiger partial charge in [0.1, 0.15) is 18.3 Å². The Balaban J connectivity index is 1.82. The number of aromatic nitrogens is 3. The topological polar surface area (TPSA) is 107 Å². The zero-order valence-electron chi connectivity index (χ0n) is 15.4. The van der Waals surface area contributed by atoms with E-state index in [0.29, 0.717) is 11.2 Å². The van der Waals surface area contributed by atoms with Crippen LogP contribution in [-0.4, -0.2) is 30.7 Å². The number of sulfonamides is 1. The minimum atomic E-state index is -3.83. The summed E-state index contributed by atoms with van der Waals surface area (Å²) >= 11 is 2.22. The predicted molar refractivity (Wildman–Crippen MR) is 116 cm³/mol. The molecule has 0 atom stereocenters. The monoisotopic (exact) mass is 522 g/mol. The molecule has 0 aliphatic carbocycles. The van der Waals surface area contributed by atoms with E-state index in [9.17, 15) is 8.42 Å². The summed E-state index contributed by atoms with van der Waals surface area (Å²) in [7, 11) is -2.21. The minimum absolute atomic E-state index is 0.0644. The van der Waals surface area contributed by atoms with E-state index in [1.807, 2.05) is 19.1 Å². The minimum Gasteiger partial charge on any atom is -0.496 e. The normalized spacial score (nSPS) is 11.6. The highest BCUT2D eigenvalue weighted by Gasteiger charge is 2.18. The molecule has 0 radical (unpaired) electrons. The molecule has 8 nitrogen and oxygen atoms in total. The van der Waals surface area contributed by atoms with Crippen LogP contribution in [0.25, 0.3) is 22.2 Å². The Morgan fingerprint density at radius 1 is 1.14 bits per heavy atom. The highest BCUT2D eigenvalue weighted by Crippen LogP contribution is 2.34. The fourth-order valence-electron chi connectivity index (χ4n) is 2.94. The molecule has 2 aromatic carbocycles. The van der Waals surface area contributed by atoms with Crippen molar-refractivity contribution in [2.75, 3.05) is 11.8 Å². The van der Waals surface area contributed by atoms with Crippen LogP contribution in [-0.2, 0) is 10.0 Å². The first-order valence-corrected chi connectivity index (χ1v) is 11.0. The SMILES string of the molecule is COc1cc(-c2ncnc3cc(S(=O)(=O)Nc4ccon4)ccc23)c(C)cc1I. The first kappa shape index (κ1) is 19.6. The zero-order valence-corrected chi connectivity index (χ0v) is 18.4. The highest BCUT2D eigenvalue weighted by molar-refractivity contribution is 14.1. The molecule has 0 bridgehead atoms. The maximum Gasteiger partial charge on any atom is 0.263 e. The molecule has 0 unspecified atom stereocenters. The molecule has 4 aromatic rings. The number of fused-ring (bicyclic) bond motifs is 1. The second-order valence-electron chi connectivity index (χ2n) is 6.19. The molecule has 0 aliphatic heterocycles. The highest BCUT2D eigenvalue weighted by atomic mass is 127. The molecule has 4 rings (SSSR count). The van der Waals surface area contributed by atoms with Gasteiger partial charge < -0.3 is 9.26 Å². The maximum atomic E-state index is 12.6. The molecule has 0 spiro atoms. The quantitative estimate of drug-likeness (QED) is 0.395. The third kappa shape index (κ3) is 3.77. The lowest BCUT2D eigenvalue weighted by Gasteiger charge is -2.12. The van der Waals surface area contributed by atoms with Gasteiger partial charge in [0.2, 0.25) is 0 Å². The summed E-state index contributed by atoms with van der Waals surface area (Å²) in [6.07, 6.45) is 2.71. The van der Waals surface area contributed by atoms with Gasteiger partial charge in [-0.25, -0.2) is 18.4 Å². The van der Waals surface area contributed by atoms with Gasteiger partial charge >= 0.3 is 0 Å². The zero-order chi connectivity index (χ0) is 20.6. The number of rotatable bonds is 5. The first-order valence-electron chi connectivity index (χ1n) is 8.41. The van der Waals surface area contributed by atoms with Crippen LogP contribution < -0.4 is 9.46 Å². The molecule has 29 heavy (non-hydrogen) atoms. The van der Waals surface area contributed by atoms with E-state index in [0.717, 1.165) is 25.8 Å². The van der Waals surface area contributed by atoms with E-state index < -0.39 is 10.0 Å². The number of hydrogen-bond acceptors (Lipinski definition) is 7. The number of nitrogens with zero attached hydrogens (tertiary/aromatic N) is 3. The van der Waals surface area contributed by atoms with Crippen molar-refractivity contribution in [1.82, 2.24) is 15.1 Å². The fourth-order valence-corrected chi connectivity index (χ4v) is 4.80. The molecule has 2 heterocycles. The van der Waals surface area contributed by atoms with E-state index in [-0.39, 0.29) is 10.7 Å². The van der Waals surface area contributed by atoms with Crippen molar-refractivity contribution in [3.8, 4) is 17.0 Å². The Bertz CT molecular complexity index is 1310. The number of ether oxygens (including phenoxy) is 1. The van der Waals surface area contributed by atoms with Crippen molar-refractivity contribution in [2.45, 2.75) is 11.8 Å². The smallest absolute Gasteiger partial charge is 0.263 e. The second kappa shape index (κ2) is 7.59. The van der Waals surface area contributed by atoms with Crippen molar-refractivity contribution in [1.29, 1.82) is 0 Å². The molecule has 0 fully saturated rings. The Hall–Kier alpha value is -2.73. The lowest BCUT2D eigenvalue weighted by Crippen LogP contribution is -2.13. The Kier molecular flexibility index (Phi) is 5.13. The van der Waals surface area contributed by atoms with E-state index in [2.05, 4.69) is 47.0 Å². The van der Waals surface area contributed by atoms with E-state index in [1.165, 1.54) is 30.8 Å². The van der Waals surface area contributed by atoms with Gasteiger partial charge in [0, 0.05) is 17.0 Å². The Morgan fingerprint density at radius 2 is 1.97 bits per heavy atom. The molecule has 0 amide bonds. The standard InChI is InChI=1S/C19H15IN4O4S/c1-11-7-15(20)17(27-2)9-14(11)19-13-4-3-12(8-16(13)21-10-22-19)29(25,26)24-18-5-6-28-23-18/h3-10H,1-2H3,(H,23,24). The van der Waals surface area contributed by atoms with Gasteiger partial charge in [-0.1, -0.05) is 5.16 Å². The van der Waals surface area contributed by atoms with Crippen molar-refractivity contribution in [2.24, 2.45) is 0 Å². The van der Waals surface area contributed by atoms with Crippen molar-refractivity contribution < 1.29 is 17.7 Å². The lowest BCUT2D eigenvalue weighted by molar-refractivity contribution is 0.412. The van der Waals surface area contributed by atoms with E-state index in [1.54, 1.807) is 13.2 Å². The number of methoxy groups -OCH3 is 1. The molecular formula is C19H15IN4O4S. The largest absolute Gasteiger partial charge is 0.496 e. The summed E-state index contributed by atoms with van der Waals surface area (Å²) in [5.74, 6) is 0.851. The average Bonchev–Trinajstić information content (AvgIpc) is 3.20. The van der Waals surface area contributed by atoms with Crippen LogP contribution in [0.2, 0.25) is 0 Å². The summed E-state index contributed by atoms with van der Waals surface area (Å²) in [6, 6.07) is 10.1. The summed E-state index contributed by atoms with van der Waals surface area (Å²) in [5, 5.41) is 4.31. The Labute approximate surface area is 180 Å². The molecule has 1 N–H and O–H groups in total. The molecule has 148 valence electrons. The fraction of sp³-hybridized carbons (Fsp3) is 0.105. The van der Waals surface area contributed by atoms with E-state index in [4.69, 9.17) is 4.74 Å². The average molecular weight is 522 g/mol. The van der Waals surface area contributed by atoms with Gasteiger partial charge in [-0.2, -0.15) is 0 Å². The van der Waals surface area contributed by atoms with Gasteiger partial charge in [0.25, 0.3) is 10.0 Å². The van der Waals surface area contributed by atoms with Crippen LogP contribution in [0.5, 0.6) is 5.75 Å². The number of anilines is 1. The van der Waals surface area contributed by atoms with Crippen LogP contribution in [0.4, 0.5) is 5.82 Å². The summed E-state index contributed by atoms with van der Waals surface area (Å²) in [4.78, 5) is 8.76. The third-order valence-electron chi connectivity index (χ3n) is 4.35. The van der Waals surface area contributed by atoms with Crippen LogP contribution >= 0.6 is 22.6 Å². The van der Waals surface area contributed by atoms with Gasteiger partial charge in [0.15, 0.2) is 5.82 Å². The molecule has 0 aliphatic rings. The van der Waals surface area contributed by atoms with Crippen molar-refractivity contribution >= 4 is 49.3 Å². The van der Waals surface area contributed by atoms with E-state index >= 15 is 0 Å². The number of halogens is 1. The van der Waals surface area contributed by atoms with Crippen molar-refractivity contribution in [3.05, 3.63) is 58.1 Å². The van der Waals surface area contributed by atoms with Crippen LogP contribution in [0.15, 0.2) is 58.4 Å². The third-order valence-corrected chi connectivity index (χ3v) is 6.54. The van der Waals surface area contributed by atoms with Gasteiger partial charge in [-0.05, 0) is 65.4 Å². The number of benzene rings is 2. The van der Waals surface area contributed by atoms with Gasteiger partial charge in [0.05, 0.1) is 26.8 Å². The first-order chi connectivity index (χ1) is 13.9. The van der Waals surface area contributed by atoms with Crippen molar-refractivity contribution in [3.63, 3.8) is 0 Å². The molecular weight excluding hydrogens is 507 g/mol. The maximum absolute atomic E-state index is 12.6. The summed E-state index contributed by atoms with van der Waals surface area (Å²) < 4.78 is 38.7. The van der Waals surface area contributed by atoms with Gasteiger partial charge in [-0.3, -0.25) is 4.72 Å². The molecule has 0 saturated heterocycles. The van der Waals surface area contributed by atoms with Crippen LogP contribution in [0.3, 0.4) is 0 Å². The van der Waals surface area contributed by atoms with Crippen LogP contribution in [0.1, 0.15) is 5.56 Å². The van der Waals surface area contributed by atoms with Crippen LogP contribution in [0, 0.1) is 10.5 Å².